The van der Waals surface area contributed by atoms with E-state index in [4.69, 9.17) is 0 Å². The lowest BCUT2D eigenvalue weighted by Crippen LogP contribution is -2.22. The SMILES string of the molecule is CC1(c2ccccc2)c2ccccc2-c2ccc(Nc3ccc(-c4cccc5ccccc45)cc3)cc21. The largest absolute Gasteiger partial charge is 0.356 e. The van der Waals surface area contributed by atoms with Crippen molar-refractivity contribution in [3.05, 3.63) is 156 Å². The zero-order valence-electron chi connectivity index (χ0n) is 20.8. The highest BCUT2D eigenvalue weighted by atomic mass is 14.9. The Hall–Kier alpha value is -4.62. The molecule has 0 saturated carbocycles. The quantitative estimate of drug-likeness (QED) is 0.269. The molecule has 0 fully saturated rings. The van der Waals surface area contributed by atoms with Crippen LogP contribution in [0.1, 0.15) is 23.6 Å². The Kier molecular flexibility index (Phi) is 4.97. The van der Waals surface area contributed by atoms with Crippen LogP contribution in [0, 0.1) is 0 Å². The molecule has 1 heteroatoms. The Bertz CT molecular complexity index is 1740. The van der Waals surface area contributed by atoms with Crippen molar-refractivity contribution in [2.75, 3.05) is 5.32 Å². The van der Waals surface area contributed by atoms with Crippen LogP contribution in [0.25, 0.3) is 33.0 Å². The van der Waals surface area contributed by atoms with Gasteiger partial charge in [0, 0.05) is 16.8 Å². The molecule has 0 heterocycles. The second-order valence-corrected chi connectivity index (χ2v) is 10.0. The fourth-order valence-electron chi connectivity index (χ4n) is 6.03. The second kappa shape index (κ2) is 8.50. The van der Waals surface area contributed by atoms with Gasteiger partial charge in [-0.15, -0.1) is 0 Å². The summed E-state index contributed by atoms with van der Waals surface area (Å²) in [7, 11) is 0. The van der Waals surface area contributed by atoms with Crippen LogP contribution in [-0.2, 0) is 5.41 Å². The predicted octanol–water partition coefficient (Wildman–Crippen LogP) is 9.59. The standard InChI is InChI=1S/C36H27N/c1-36(27-12-3-2-4-13-27)34-17-8-7-15-32(34)33-23-22-29(24-35(33)36)37-28-20-18-26(19-21-28)31-16-9-11-25-10-5-6-14-30(25)31/h2-24,37H,1H3. The highest BCUT2D eigenvalue weighted by Gasteiger charge is 2.40. The summed E-state index contributed by atoms with van der Waals surface area (Å²) in [6.07, 6.45) is 0. The summed E-state index contributed by atoms with van der Waals surface area (Å²) in [5.41, 5.74) is 11.2. The van der Waals surface area contributed by atoms with Gasteiger partial charge in [-0.05, 0) is 80.9 Å². The van der Waals surface area contributed by atoms with Crippen LogP contribution in [0.2, 0.25) is 0 Å². The van der Waals surface area contributed by atoms with Gasteiger partial charge in [0.05, 0.1) is 0 Å². The zero-order chi connectivity index (χ0) is 24.8. The number of anilines is 2. The first-order valence-corrected chi connectivity index (χ1v) is 12.9. The van der Waals surface area contributed by atoms with E-state index in [1.54, 1.807) is 0 Å². The molecule has 1 aliphatic carbocycles. The van der Waals surface area contributed by atoms with E-state index in [2.05, 4.69) is 152 Å². The fraction of sp³-hybridized carbons (Fsp3) is 0.0556. The van der Waals surface area contributed by atoms with E-state index >= 15 is 0 Å². The number of nitrogens with one attached hydrogen (secondary N) is 1. The summed E-state index contributed by atoms with van der Waals surface area (Å²) in [5.74, 6) is 0. The molecule has 7 rings (SSSR count). The van der Waals surface area contributed by atoms with Crippen LogP contribution in [0.4, 0.5) is 11.4 Å². The van der Waals surface area contributed by atoms with Crippen molar-refractivity contribution in [1.82, 2.24) is 0 Å². The minimum absolute atomic E-state index is 0.191. The van der Waals surface area contributed by atoms with Crippen molar-refractivity contribution in [2.24, 2.45) is 0 Å². The molecule has 1 nitrogen and oxygen atoms in total. The Labute approximate surface area is 218 Å². The molecular weight excluding hydrogens is 446 g/mol. The zero-order valence-corrected chi connectivity index (χ0v) is 20.8. The van der Waals surface area contributed by atoms with Crippen LogP contribution in [0.15, 0.2) is 140 Å². The minimum atomic E-state index is -0.191. The van der Waals surface area contributed by atoms with Crippen molar-refractivity contribution < 1.29 is 0 Å². The molecule has 1 atom stereocenters. The molecule has 0 aliphatic heterocycles. The van der Waals surface area contributed by atoms with Gasteiger partial charge in [0.25, 0.3) is 0 Å². The lowest BCUT2D eigenvalue weighted by atomic mass is 9.74. The van der Waals surface area contributed by atoms with E-state index in [1.807, 2.05) is 0 Å². The van der Waals surface area contributed by atoms with Crippen molar-refractivity contribution in [3.8, 4) is 22.3 Å². The molecule has 0 saturated heterocycles. The maximum absolute atomic E-state index is 3.67. The van der Waals surface area contributed by atoms with Gasteiger partial charge in [-0.25, -0.2) is 0 Å². The molecule has 6 aromatic carbocycles. The highest BCUT2D eigenvalue weighted by molar-refractivity contribution is 5.96. The predicted molar refractivity (Wildman–Crippen MR) is 157 cm³/mol. The molecule has 1 aliphatic rings. The Balaban J connectivity index is 1.25. The molecule has 0 bridgehead atoms. The van der Waals surface area contributed by atoms with E-state index < -0.39 is 0 Å². The third-order valence-corrected chi connectivity index (χ3v) is 7.94. The van der Waals surface area contributed by atoms with Gasteiger partial charge in [-0.3, -0.25) is 0 Å². The molecule has 0 radical (unpaired) electrons. The molecule has 0 spiro atoms. The summed E-state index contributed by atoms with van der Waals surface area (Å²) < 4.78 is 0. The van der Waals surface area contributed by atoms with Gasteiger partial charge in [-0.1, -0.05) is 115 Å². The molecule has 1 unspecified atom stereocenters. The van der Waals surface area contributed by atoms with Gasteiger partial charge in [0.2, 0.25) is 0 Å². The van der Waals surface area contributed by atoms with Gasteiger partial charge in [-0.2, -0.15) is 0 Å². The molecule has 6 aromatic rings. The maximum Gasteiger partial charge on any atom is 0.0436 e. The lowest BCUT2D eigenvalue weighted by Gasteiger charge is -2.28. The van der Waals surface area contributed by atoms with Gasteiger partial charge in [0.1, 0.15) is 0 Å². The van der Waals surface area contributed by atoms with Gasteiger partial charge >= 0.3 is 0 Å². The van der Waals surface area contributed by atoms with Crippen molar-refractivity contribution in [3.63, 3.8) is 0 Å². The number of hydrogen-bond acceptors (Lipinski definition) is 1. The summed E-state index contributed by atoms with van der Waals surface area (Å²) >= 11 is 0. The van der Waals surface area contributed by atoms with Gasteiger partial charge in [0.15, 0.2) is 0 Å². The monoisotopic (exact) mass is 473 g/mol. The average molecular weight is 474 g/mol. The van der Waals surface area contributed by atoms with Crippen LogP contribution >= 0.6 is 0 Å². The first-order chi connectivity index (χ1) is 18.2. The third-order valence-electron chi connectivity index (χ3n) is 7.94. The van der Waals surface area contributed by atoms with E-state index in [0.29, 0.717) is 0 Å². The lowest BCUT2D eigenvalue weighted by molar-refractivity contribution is 0.714. The summed E-state index contributed by atoms with van der Waals surface area (Å²) in [4.78, 5) is 0. The first-order valence-electron chi connectivity index (χ1n) is 12.9. The smallest absolute Gasteiger partial charge is 0.0436 e. The molecule has 1 N–H and O–H groups in total. The number of benzene rings is 6. The van der Waals surface area contributed by atoms with E-state index in [9.17, 15) is 0 Å². The van der Waals surface area contributed by atoms with E-state index in [0.717, 1.165) is 11.4 Å². The van der Waals surface area contributed by atoms with Gasteiger partial charge < -0.3 is 5.32 Å². The average Bonchev–Trinajstić information content (AvgIpc) is 3.22. The molecule has 0 aromatic heterocycles. The highest BCUT2D eigenvalue weighted by Crippen LogP contribution is 2.52. The Morgan fingerprint density at radius 1 is 0.486 bits per heavy atom. The summed E-state index contributed by atoms with van der Waals surface area (Å²) in [6.45, 7) is 2.36. The molecule has 0 amide bonds. The van der Waals surface area contributed by atoms with Crippen molar-refractivity contribution in [1.29, 1.82) is 0 Å². The molecular formula is C36H27N. The minimum Gasteiger partial charge on any atom is -0.356 e. The second-order valence-electron chi connectivity index (χ2n) is 10.0. The summed E-state index contributed by atoms with van der Waals surface area (Å²) in [6, 6.07) is 50.4. The van der Waals surface area contributed by atoms with Crippen molar-refractivity contribution >= 4 is 22.1 Å². The van der Waals surface area contributed by atoms with Crippen LogP contribution in [0.5, 0.6) is 0 Å². The molecule has 176 valence electrons. The maximum atomic E-state index is 3.67. The molecule has 37 heavy (non-hydrogen) atoms. The van der Waals surface area contributed by atoms with Crippen LogP contribution in [0.3, 0.4) is 0 Å². The fourth-order valence-corrected chi connectivity index (χ4v) is 6.03. The normalized spacial score (nSPS) is 15.8. The third kappa shape index (κ3) is 3.47. The Morgan fingerprint density at radius 2 is 1.14 bits per heavy atom. The van der Waals surface area contributed by atoms with E-state index in [1.165, 1.54) is 49.7 Å². The van der Waals surface area contributed by atoms with E-state index in [-0.39, 0.29) is 5.41 Å². The van der Waals surface area contributed by atoms with Crippen molar-refractivity contribution in [2.45, 2.75) is 12.3 Å². The number of fused-ring (bicyclic) bond motifs is 4. The van der Waals surface area contributed by atoms with Crippen LogP contribution in [-0.4, -0.2) is 0 Å². The van der Waals surface area contributed by atoms with Crippen LogP contribution < -0.4 is 5.32 Å². The number of hydrogen-bond donors (Lipinski definition) is 1. The topological polar surface area (TPSA) is 12.0 Å². The first kappa shape index (κ1) is 21.6. The summed E-state index contributed by atoms with van der Waals surface area (Å²) in [5, 5.41) is 6.21. The Morgan fingerprint density at radius 3 is 2.00 bits per heavy atom. The number of rotatable bonds is 4.